The number of amidine groups is 1. The van der Waals surface area contributed by atoms with Crippen molar-refractivity contribution < 1.29 is 4.79 Å². The highest BCUT2D eigenvalue weighted by molar-refractivity contribution is 6.15. The van der Waals surface area contributed by atoms with E-state index < -0.39 is 0 Å². The number of hydrogen-bond acceptors (Lipinski definition) is 3. The number of dihydropyridines is 1. The van der Waals surface area contributed by atoms with Crippen LogP contribution in [0.1, 0.15) is 13.3 Å². The van der Waals surface area contributed by atoms with Crippen molar-refractivity contribution >= 4 is 17.3 Å². The maximum Gasteiger partial charge on any atom is 0.149 e. The van der Waals surface area contributed by atoms with Crippen LogP contribution in [-0.4, -0.2) is 23.9 Å². The number of aliphatic imine (C=N–C) groups is 2. The molecule has 0 radical (unpaired) electrons. The molecule has 0 aromatic rings. The number of Topliss-reactive ketones (excluding diaryl/α,β-unsaturated/α-hetero) is 1. The summed E-state index contributed by atoms with van der Waals surface area (Å²) in [6, 6.07) is 0. The second kappa shape index (κ2) is 2.66. The topological polar surface area (TPSA) is 41.8 Å². The highest BCUT2D eigenvalue weighted by Crippen LogP contribution is 2.17. The summed E-state index contributed by atoms with van der Waals surface area (Å²) in [5.41, 5.74) is 0.930. The van der Waals surface area contributed by atoms with Gasteiger partial charge in [-0.25, -0.2) is 4.99 Å². The van der Waals surface area contributed by atoms with Gasteiger partial charge in [0.2, 0.25) is 0 Å². The Kier molecular flexibility index (Phi) is 1.64. The monoisotopic (exact) mass is 162 g/mol. The Morgan fingerprint density at radius 3 is 3.25 bits per heavy atom. The largest absolute Gasteiger partial charge is 0.298 e. The molecule has 3 nitrogen and oxygen atoms in total. The van der Waals surface area contributed by atoms with Crippen molar-refractivity contribution in [3.05, 3.63) is 12.2 Å². The average Bonchev–Trinajstić information content (AvgIpc) is 2.04. The van der Waals surface area contributed by atoms with Crippen molar-refractivity contribution in [3.8, 4) is 0 Å². The molecule has 0 amide bonds. The van der Waals surface area contributed by atoms with Crippen LogP contribution in [0.5, 0.6) is 0 Å². The summed E-state index contributed by atoms with van der Waals surface area (Å²) in [6.45, 7) is 2.52. The molecule has 1 atom stereocenters. The van der Waals surface area contributed by atoms with Crippen LogP contribution in [0.3, 0.4) is 0 Å². The molecular weight excluding hydrogens is 152 g/mol. The standard InChI is InChI=1S/C9H10N2O/c1-6-2-3-7-8(12)4-5-10-9(7)11-6/h2-3,7H,4-5H2,1H3. The van der Waals surface area contributed by atoms with Gasteiger partial charge in [0.25, 0.3) is 0 Å². The minimum absolute atomic E-state index is 0.151. The van der Waals surface area contributed by atoms with E-state index in [4.69, 9.17) is 0 Å². The van der Waals surface area contributed by atoms with E-state index in [9.17, 15) is 4.79 Å². The maximum atomic E-state index is 11.3. The number of nitrogens with zero attached hydrogens (tertiary/aromatic N) is 2. The number of allylic oxidation sites excluding steroid dienone is 1. The molecular formula is C9H10N2O. The van der Waals surface area contributed by atoms with Crippen molar-refractivity contribution in [3.63, 3.8) is 0 Å². The van der Waals surface area contributed by atoms with Crippen molar-refractivity contribution in [1.82, 2.24) is 0 Å². The molecule has 0 aromatic heterocycles. The zero-order valence-electron chi connectivity index (χ0n) is 6.95. The number of rotatable bonds is 0. The van der Waals surface area contributed by atoms with Crippen molar-refractivity contribution in [2.75, 3.05) is 6.54 Å². The zero-order chi connectivity index (χ0) is 8.55. The van der Waals surface area contributed by atoms with E-state index in [0.29, 0.717) is 18.8 Å². The predicted octanol–water partition coefficient (Wildman–Crippen LogP) is 1.00. The first-order chi connectivity index (χ1) is 5.77. The second-order valence-electron chi connectivity index (χ2n) is 3.05. The molecule has 0 saturated heterocycles. The first-order valence-electron chi connectivity index (χ1n) is 4.08. The molecule has 2 rings (SSSR count). The van der Waals surface area contributed by atoms with Crippen LogP contribution in [0, 0.1) is 5.92 Å². The molecule has 0 N–H and O–H groups in total. The predicted molar refractivity (Wildman–Crippen MR) is 47.7 cm³/mol. The summed E-state index contributed by atoms with van der Waals surface area (Å²) in [6.07, 6.45) is 4.34. The molecule has 1 unspecified atom stereocenters. The zero-order valence-corrected chi connectivity index (χ0v) is 6.95. The van der Waals surface area contributed by atoms with Crippen LogP contribution in [0.25, 0.3) is 0 Å². The average molecular weight is 162 g/mol. The minimum atomic E-state index is -0.151. The fraction of sp³-hybridized carbons (Fsp3) is 0.444. The summed E-state index contributed by atoms with van der Waals surface area (Å²) in [4.78, 5) is 19.8. The van der Waals surface area contributed by atoms with E-state index in [-0.39, 0.29) is 11.7 Å². The molecule has 0 spiro atoms. The molecule has 0 aliphatic carbocycles. The van der Waals surface area contributed by atoms with Gasteiger partial charge in [-0.3, -0.25) is 9.79 Å². The summed E-state index contributed by atoms with van der Waals surface area (Å²) in [7, 11) is 0. The van der Waals surface area contributed by atoms with Gasteiger partial charge >= 0.3 is 0 Å². The summed E-state index contributed by atoms with van der Waals surface area (Å²) >= 11 is 0. The van der Waals surface area contributed by atoms with Gasteiger partial charge in [0.15, 0.2) is 0 Å². The van der Waals surface area contributed by atoms with Crippen molar-refractivity contribution in [2.24, 2.45) is 15.9 Å². The van der Waals surface area contributed by atoms with Crippen LogP contribution >= 0.6 is 0 Å². The van der Waals surface area contributed by atoms with Gasteiger partial charge < -0.3 is 0 Å². The second-order valence-corrected chi connectivity index (χ2v) is 3.05. The summed E-state index contributed by atoms with van der Waals surface area (Å²) in [5, 5.41) is 0. The number of ketones is 1. The highest BCUT2D eigenvalue weighted by Gasteiger charge is 2.26. The van der Waals surface area contributed by atoms with Crippen LogP contribution in [0.2, 0.25) is 0 Å². The van der Waals surface area contributed by atoms with Gasteiger partial charge in [-0.05, 0) is 13.0 Å². The first kappa shape index (κ1) is 7.40. The SMILES string of the molecule is CC1=NC2=NCCC(=O)C2C=C1. The molecule has 2 aliphatic heterocycles. The van der Waals surface area contributed by atoms with E-state index in [1.807, 2.05) is 19.1 Å². The van der Waals surface area contributed by atoms with Crippen LogP contribution in [0.15, 0.2) is 22.1 Å². The lowest BCUT2D eigenvalue weighted by Gasteiger charge is -2.18. The molecule has 62 valence electrons. The van der Waals surface area contributed by atoms with Gasteiger partial charge in [0.1, 0.15) is 11.6 Å². The third kappa shape index (κ3) is 1.11. The van der Waals surface area contributed by atoms with Crippen LogP contribution in [0.4, 0.5) is 0 Å². The minimum Gasteiger partial charge on any atom is -0.298 e. The van der Waals surface area contributed by atoms with Crippen molar-refractivity contribution in [1.29, 1.82) is 0 Å². The van der Waals surface area contributed by atoms with E-state index in [2.05, 4.69) is 9.98 Å². The molecule has 0 fully saturated rings. The Labute approximate surface area is 70.9 Å². The smallest absolute Gasteiger partial charge is 0.149 e. The lowest BCUT2D eigenvalue weighted by Crippen LogP contribution is -2.28. The van der Waals surface area contributed by atoms with Gasteiger partial charge in [-0.15, -0.1) is 0 Å². The van der Waals surface area contributed by atoms with Gasteiger partial charge in [0, 0.05) is 18.7 Å². The van der Waals surface area contributed by atoms with Gasteiger partial charge in [-0.1, -0.05) is 6.08 Å². The lowest BCUT2D eigenvalue weighted by molar-refractivity contribution is -0.120. The van der Waals surface area contributed by atoms with Crippen LogP contribution < -0.4 is 0 Å². The van der Waals surface area contributed by atoms with E-state index in [1.54, 1.807) is 0 Å². The van der Waals surface area contributed by atoms with E-state index >= 15 is 0 Å². The van der Waals surface area contributed by atoms with Gasteiger partial charge in [0.05, 0.1) is 5.92 Å². The third-order valence-electron chi connectivity index (χ3n) is 2.08. The summed E-state index contributed by atoms with van der Waals surface area (Å²) in [5.74, 6) is 0.793. The normalized spacial score (nSPS) is 27.8. The fourth-order valence-electron chi connectivity index (χ4n) is 1.43. The number of carbonyl (C=O) groups is 1. The Hall–Kier alpha value is -1.25. The van der Waals surface area contributed by atoms with E-state index in [1.165, 1.54) is 0 Å². The van der Waals surface area contributed by atoms with Crippen LogP contribution in [-0.2, 0) is 4.79 Å². The number of hydrogen-bond donors (Lipinski definition) is 0. The highest BCUT2D eigenvalue weighted by atomic mass is 16.1. The molecule has 0 saturated carbocycles. The molecule has 12 heavy (non-hydrogen) atoms. The molecule has 0 aromatic carbocycles. The number of carbonyl (C=O) groups excluding carboxylic acids is 1. The molecule has 0 bridgehead atoms. The summed E-state index contributed by atoms with van der Waals surface area (Å²) < 4.78 is 0. The Morgan fingerprint density at radius 1 is 1.58 bits per heavy atom. The first-order valence-corrected chi connectivity index (χ1v) is 4.08. The Morgan fingerprint density at radius 2 is 2.42 bits per heavy atom. The lowest BCUT2D eigenvalue weighted by atomic mass is 9.95. The van der Waals surface area contributed by atoms with E-state index in [0.717, 1.165) is 5.71 Å². The molecule has 3 heteroatoms. The van der Waals surface area contributed by atoms with Gasteiger partial charge in [-0.2, -0.15) is 0 Å². The Balaban J connectivity index is 2.37. The quantitative estimate of drug-likeness (QED) is 0.524. The molecule has 2 aliphatic rings. The molecule has 2 heterocycles. The third-order valence-corrected chi connectivity index (χ3v) is 2.08. The Bertz CT molecular complexity index is 312. The van der Waals surface area contributed by atoms with Crippen molar-refractivity contribution in [2.45, 2.75) is 13.3 Å². The maximum absolute atomic E-state index is 11.3. The number of fused-ring (bicyclic) bond motifs is 1. The fourth-order valence-corrected chi connectivity index (χ4v) is 1.43.